The molecule has 0 aliphatic rings. The molecule has 194 valence electrons. The number of aliphatic hydroxyl groups excluding tert-OH is 1. The minimum Gasteiger partial charge on any atom is -0.489 e. The molecule has 3 rings (SSSR count). The van der Waals surface area contributed by atoms with Crippen LogP contribution in [0.3, 0.4) is 0 Å². The first kappa shape index (κ1) is 27.3. The maximum absolute atomic E-state index is 14.4. The number of rotatable bonds is 8. The van der Waals surface area contributed by atoms with E-state index in [-0.39, 0.29) is 18.0 Å². The lowest BCUT2D eigenvalue weighted by atomic mass is 10.1. The zero-order chi connectivity index (χ0) is 26.7. The van der Waals surface area contributed by atoms with Crippen molar-refractivity contribution in [2.45, 2.75) is 45.5 Å². The third-order valence-electron chi connectivity index (χ3n) is 5.38. The van der Waals surface area contributed by atoms with Crippen molar-refractivity contribution in [3.8, 4) is 5.75 Å². The van der Waals surface area contributed by atoms with Crippen LogP contribution in [0.2, 0.25) is 0 Å². The van der Waals surface area contributed by atoms with Gasteiger partial charge >= 0.3 is 12.4 Å². The number of anilines is 1. The maximum atomic E-state index is 14.4. The highest BCUT2D eigenvalue weighted by Gasteiger charge is 2.39. The molecule has 0 fully saturated rings. The van der Waals surface area contributed by atoms with E-state index >= 15 is 0 Å². The molecule has 0 aromatic heterocycles. The van der Waals surface area contributed by atoms with Crippen LogP contribution in [-0.2, 0) is 19.3 Å². The molecule has 0 radical (unpaired) electrons. The number of nitrogens with zero attached hydrogens (tertiary/aromatic N) is 1. The predicted octanol–water partition coefficient (Wildman–Crippen LogP) is 6.97. The summed E-state index contributed by atoms with van der Waals surface area (Å²) in [7, 11) is 0. The Balaban J connectivity index is 1.90. The molecule has 3 nitrogen and oxygen atoms in total. The Morgan fingerprint density at radius 3 is 2.17 bits per heavy atom. The molecular formula is C26H24F7NO2. The minimum atomic E-state index is -4.98. The topological polar surface area (TPSA) is 32.7 Å². The lowest BCUT2D eigenvalue weighted by Gasteiger charge is -2.29. The smallest absolute Gasteiger partial charge is 0.416 e. The third kappa shape index (κ3) is 7.36. The van der Waals surface area contributed by atoms with Crippen LogP contribution in [0, 0.1) is 19.7 Å². The van der Waals surface area contributed by atoms with E-state index in [0.29, 0.717) is 18.2 Å². The number of aryl methyl sites for hydroxylation is 2. The van der Waals surface area contributed by atoms with E-state index in [4.69, 9.17) is 4.74 Å². The number of hydrogen-bond donors (Lipinski definition) is 1. The Bertz CT molecular complexity index is 1170. The van der Waals surface area contributed by atoms with Crippen LogP contribution < -0.4 is 9.64 Å². The standard InChI is InChI=1S/C26H24F7NO2/c1-16-8-17(2)10-18(9-16)15-36-22-5-3-4-21(12-22)34(14-24(35)26(31,32)33)13-19-11-20(25(28,29)30)6-7-23(19)27/h3-12,24,35H,13-15H2,1-2H3. The zero-order valence-electron chi connectivity index (χ0n) is 19.4. The number of benzene rings is 3. The molecule has 10 heteroatoms. The van der Waals surface area contributed by atoms with Crippen molar-refractivity contribution < 1.29 is 40.6 Å². The van der Waals surface area contributed by atoms with Crippen molar-refractivity contribution in [1.82, 2.24) is 0 Å². The largest absolute Gasteiger partial charge is 0.489 e. The van der Waals surface area contributed by atoms with E-state index in [9.17, 15) is 35.8 Å². The Kier molecular flexibility index (Phi) is 8.18. The van der Waals surface area contributed by atoms with Gasteiger partial charge in [-0.15, -0.1) is 0 Å². The molecule has 0 amide bonds. The molecule has 3 aromatic rings. The summed E-state index contributed by atoms with van der Waals surface area (Å²) in [6.07, 6.45) is -12.6. The molecular weight excluding hydrogens is 491 g/mol. The van der Waals surface area contributed by atoms with Gasteiger partial charge in [-0.3, -0.25) is 0 Å². The molecule has 0 aliphatic heterocycles. The van der Waals surface area contributed by atoms with Gasteiger partial charge in [0.15, 0.2) is 6.10 Å². The maximum Gasteiger partial charge on any atom is 0.416 e. The molecule has 1 N–H and O–H groups in total. The van der Waals surface area contributed by atoms with E-state index in [1.54, 1.807) is 6.07 Å². The van der Waals surface area contributed by atoms with E-state index < -0.39 is 48.5 Å². The van der Waals surface area contributed by atoms with Crippen LogP contribution in [0.4, 0.5) is 36.4 Å². The van der Waals surface area contributed by atoms with Gasteiger partial charge in [-0.2, -0.15) is 26.3 Å². The van der Waals surface area contributed by atoms with Crippen molar-refractivity contribution in [2.24, 2.45) is 0 Å². The summed E-state index contributed by atoms with van der Waals surface area (Å²) in [5, 5.41) is 9.65. The number of aliphatic hydroxyl groups is 1. The molecule has 1 unspecified atom stereocenters. The second-order valence-electron chi connectivity index (χ2n) is 8.52. The summed E-state index contributed by atoms with van der Waals surface area (Å²) in [6.45, 7) is 2.34. The second kappa shape index (κ2) is 10.8. The van der Waals surface area contributed by atoms with Gasteiger partial charge in [-0.05, 0) is 49.7 Å². The van der Waals surface area contributed by atoms with Crippen molar-refractivity contribution in [3.63, 3.8) is 0 Å². The molecule has 3 aromatic carbocycles. The molecule has 0 bridgehead atoms. The van der Waals surface area contributed by atoms with Crippen molar-refractivity contribution in [1.29, 1.82) is 0 Å². The molecule has 0 saturated heterocycles. The van der Waals surface area contributed by atoms with Crippen molar-refractivity contribution >= 4 is 5.69 Å². The van der Waals surface area contributed by atoms with Gasteiger partial charge in [0.2, 0.25) is 0 Å². The quantitative estimate of drug-likeness (QED) is 0.329. The molecule has 36 heavy (non-hydrogen) atoms. The molecule has 1 atom stereocenters. The minimum absolute atomic E-state index is 0.105. The van der Waals surface area contributed by atoms with Gasteiger partial charge in [0.1, 0.15) is 18.2 Å². The highest BCUT2D eigenvalue weighted by atomic mass is 19.4. The SMILES string of the molecule is Cc1cc(C)cc(COc2cccc(N(Cc3cc(C(F)(F)F)ccc3F)CC(O)C(F)(F)F)c2)c1. The third-order valence-corrected chi connectivity index (χ3v) is 5.38. The lowest BCUT2D eigenvalue weighted by Crippen LogP contribution is -2.41. The molecule has 0 saturated carbocycles. The van der Waals surface area contributed by atoms with Gasteiger partial charge in [-0.25, -0.2) is 4.39 Å². The van der Waals surface area contributed by atoms with Crippen LogP contribution in [0.5, 0.6) is 5.75 Å². The summed E-state index contributed by atoms with van der Waals surface area (Å²) < 4.78 is 98.7. The van der Waals surface area contributed by atoms with E-state index in [2.05, 4.69) is 0 Å². The summed E-state index contributed by atoms with van der Waals surface area (Å²) in [6, 6.07) is 13.4. The van der Waals surface area contributed by atoms with Gasteiger partial charge in [0.05, 0.1) is 12.1 Å². The van der Waals surface area contributed by atoms with Crippen molar-refractivity contribution in [2.75, 3.05) is 11.4 Å². The first-order chi connectivity index (χ1) is 16.7. The van der Waals surface area contributed by atoms with Crippen LogP contribution >= 0.6 is 0 Å². The van der Waals surface area contributed by atoms with Crippen molar-refractivity contribution in [3.05, 3.63) is 94.3 Å². The Morgan fingerprint density at radius 2 is 1.56 bits per heavy atom. The Morgan fingerprint density at radius 1 is 0.889 bits per heavy atom. The van der Waals surface area contributed by atoms with Gasteiger partial charge in [0.25, 0.3) is 0 Å². The predicted molar refractivity (Wildman–Crippen MR) is 121 cm³/mol. The van der Waals surface area contributed by atoms with Crippen LogP contribution in [-0.4, -0.2) is 23.9 Å². The number of hydrogen-bond acceptors (Lipinski definition) is 3. The fourth-order valence-electron chi connectivity index (χ4n) is 3.74. The van der Waals surface area contributed by atoms with E-state index in [1.807, 2.05) is 32.0 Å². The molecule has 0 heterocycles. The fraction of sp³-hybridized carbons (Fsp3) is 0.308. The highest BCUT2D eigenvalue weighted by Crippen LogP contribution is 2.32. The van der Waals surface area contributed by atoms with E-state index in [0.717, 1.165) is 21.6 Å². The highest BCUT2D eigenvalue weighted by molar-refractivity contribution is 5.52. The number of alkyl halides is 6. The van der Waals surface area contributed by atoms with Crippen LogP contribution in [0.25, 0.3) is 0 Å². The zero-order valence-corrected chi connectivity index (χ0v) is 19.4. The normalized spacial score (nSPS) is 12.9. The first-order valence-electron chi connectivity index (χ1n) is 10.9. The van der Waals surface area contributed by atoms with Gasteiger partial charge in [-0.1, -0.05) is 35.4 Å². The first-order valence-corrected chi connectivity index (χ1v) is 10.9. The second-order valence-corrected chi connectivity index (χ2v) is 8.52. The fourth-order valence-corrected chi connectivity index (χ4v) is 3.74. The number of ether oxygens (including phenoxy) is 1. The van der Waals surface area contributed by atoms with Gasteiger partial charge < -0.3 is 14.7 Å². The molecule has 0 aliphatic carbocycles. The van der Waals surface area contributed by atoms with Crippen LogP contribution in [0.15, 0.2) is 60.7 Å². The summed E-state index contributed by atoms with van der Waals surface area (Å²) in [4.78, 5) is 0.959. The monoisotopic (exact) mass is 515 g/mol. The lowest BCUT2D eigenvalue weighted by molar-refractivity contribution is -0.200. The summed E-state index contributed by atoms with van der Waals surface area (Å²) in [5.74, 6) is -0.737. The average molecular weight is 515 g/mol. The summed E-state index contributed by atoms with van der Waals surface area (Å²) in [5.41, 5.74) is 1.42. The van der Waals surface area contributed by atoms with E-state index in [1.165, 1.54) is 18.2 Å². The number of halogens is 7. The molecule has 0 spiro atoms. The Hall–Kier alpha value is -3.27. The Labute approximate surface area is 203 Å². The van der Waals surface area contributed by atoms with Crippen LogP contribution in [0.1, 0.15) is 27.8 Å². The summed E-state index contributed by atoms with van der Waals surface area (Å²) >= 11 is 0. The average Bonchev–Trinajstić information content (AvgIpc) is 2.76. The van der Waals surface area contributed by atoms with Gasteiger partial charge in [0, 0.05) is 23.9 Å².